The van der Waals surface area contributed by atoms with Crippen LogP contribution in [0.4, 0.5) is 0 Å². The first-order valence-corrected chi connectivity index (χ1v) is 17.0. The van der Waals surface area contributed by atoms with Crippen LogP contribution in [0.1, 0.15) is 87.3 Å². The Hall–Kier alpha value is -3.98. The fourth-order valence-electron chi connectivity index (χ4n) is 7.16. The summed E-state index contributed by atoms with van der Waals surface area (Å²) in [7, 11) is 0. The van der Waals surface area contributed by atoms with Gasteiger partial charge in [-0.25, -0.2) is 0 Å². The molecule has 5 rings (SSSR count). The van der Waals surface area contributed by atoms with Crippen molar-refractivity contribution in [1.82, 2.24) is 21.3 Å². The first-order valence-electron chi connectivity index (χ1n) is 17.0. The zero-order valence-electron chi connectivity index (χ0n) is 26.9. The van der Waals surface area contributed by atoms with Gasteiger partial charge in [0.2, 0.25) is 23.6 Å². The first kappa shape index (κ1) is 33.4. The summed E-state index contributed by atoms with van der Waals surface area (Å²) in [4.78, 5) is 53.7. The van der Waals surface area contributed by atoms with Gasteiger partial charge in [0.15, 0.2) is 0 Å². The highest BCUT2D eigenvalue weighted by atomic mass is 16.2. The van der Waals surface area contributed by atoms with E-state index in [-0.39, 0.29) is 47.7 Å². The van der Waals surface area contributed by atoms with Crippen molar-refractivity contribution in [2.45, 2.75) is 114 Å². The van der Waals surface area contributed by atoms with E-state index in [0.29, 0.717) is 38.5 Å². The normalized spacial score (nSPS) is 24.7. The first-order chi connectivity index (χ1) is 22.2. The Morgan fingerprint density at radius 1 is 0.891 bits per heavy atom. The largest absolute Gasteiger partial charge is 0.352 e. The summed E-state index contributed by atoms with van der Waals surface area (Å²) in [6.07, 6.45) is 12.1. The Balaban J connectivity index is 1.22. The smallest absolute Gasteiger partial charge is 0.246 e. The number of hydrogen-bond donors (Lipinski definition) is 5. The Morgan fingerprint density at radius 3 is 2.33 bits per heavy atom. The lowest BCUT2D eigenvalue weighted by Crippen LogP contribution is -2.61. The molecule has 0 heterocycles. The molecular weight excluding hydrogens is 578 g/mol. The summed E-state index contributed by atoms with van der Waals surface area (Å²) >= 11 is 0. The topological polar surface area (TPSA) is 142 Å². The van der Waals surface area contributed by atoms with Gasteiger partial charge in [0.25, 0.3) is 0 Å². The van der Waals surface area contributed by atoms with E-state index in [4.69, 9.17) is 5.73 Å². The lowest BCUT2D eigenvalue weighted by Gasteiger charge is -2.31. The van der Waals surface area contributed by atoms with Gasteiger partial charge in [-0.2, -0.15) is 0 Å². The number of carbonyl (C=O) groups excluding carboxylic acids is 4. The van der Waals surface area contributed by atoms with Crippen molar-refractivity contribution in [3.05, 3.63) is 77.4 Å². The summed E-state index contributed by atoms with van der Waals surface area (Å²) < 4.78 is 0. The van der Waals surface area contributed by atoms with Crippen LogP contribution in [-0.2, 0) is 25.6 Å². The molecule has 9 heteroatoms. The minimum absolute atomic E-state index is 0.00545. The average molecular weight is 628 g/mol. The number of benzene rings is 2. The molecule has 246 valence electrons. The molecule has 4 amide bonds. The quantitative estimate of drug-likeness (QED) is 0.241. The van der Waals surface area contributed by atoms with E-state index in [1.165, 1.54) is 6.08 Å². The van der Waals surface area contributed by atoms with Crippen LogP contribution in [0.25, 0.3) is 6.08 Å². The Bertz CT molecular complexity index is 1390. The van der Waals surface area contributed by atoms with Crippen LogP contribution in [0.5, 0.6) is 0 Å². The van der Waals surface area contributed by atoms with Gasteiger partial charge in [-0.15, -0.1) is 0 Å². The zero-order chi connectivity index (χ0) is 32.5. The van der Waals surface area contributed by atoms with Crippen LogP contribution < -0.4 is 27.0 Å². The van der Waals surface area contributed by atoms with Gasteiger partial charge in [0, 0.05) is 36.5 Å². The summed E-state index contributed by atoms with van der Waals surface area (Å²) in [5, 5.41) is 12.3. The Kier molecular flexibility index (Phi) is 11.3. The highest BCUT2D eigenvalue weighted by Crippen LogP contribution is 2.31. The molecule has 3 aliphatic carbocycles. The van der Waals surface area contributed by atoms with Crippen LogP contribution in [0.3, 0.4) is 0 Å². The van der Waals surface area contributed by atoms with E-state index in [1.54, 1.807) is 6.08 Å². The zero-order valence-corrected chi connectivity index (χ0v) is 26.9. The molecule has 5 atom stereocenters. The van der Waals surface area contributed by atoms with Crippen LogP contribution in [0.2, 0.25) is 0 Å². The molecule has 6 N–H and O–H groups in total. The second kappa shape index (κ2) is 15.5. The van der Waals surface area contributed by atoms with Crippen molar-refractivity contribution < 1.29 is 19.2 Å². The molecule has 46 heavy (non-hydrogen) atoms. The molecular formula is C37H49N5O4. The van der Waals surface area contributed by atoms with Crippen molar-refractivity contribution in [3.8, 4) is 0 Å². The molecule has 0 unspecified atom stereocenters. The number of nitrogens with two attached hydrogens (primary N) is 1. The van der Waals surface area contributed by atoms with Gasteiger partial charge >= 0.3 is 0 Å². The van der Waals surface area contributed by atoms with Crippen LogP contribution in [0.15, 0.2) is 60.7 Å². The third kappa shape index (κ3) is 8.84. The maximum Gasteiger partial charge on any atom is 0.246 e. The molecule has 0 aliphatic heterocycles. The van der Waals surface area contributed by atoms with Crippen molar-refractivity contribution in [1.29, 1.82) is 0 Å². The maximum atomic E-state index is 13.9. The van der Waals surface area contributed by atoms with Gasteiger partial charge < -0.3 is 27.0 Å². The molecule has 0 radical (unpaired) electrons. The molecule has 3 saturated carbocycles. The molecule has 0 aromatic heterocycles. The third-order valence-corrected chi connectivity index (χ3v) is 9.96. The lowest BCUT2D eigenvalue weighted by molar-refractivity contribution is -0.135. The number of amides is 4. The standard InChI is InChI=1S/C37H49N5O4/c1-25-13-15-26(16-14-25)17-20-33(43)42-37(21-7-8-22-37)36(46)41-32(23-27-9-3-2-4-10-27)35(45)39-29-19-18-28(24-29)34(44)40-31-12-6-5-11-30(31)38/h2-4,9-10,13-17,20,28-32H,5-8,11-12,18-19,21-24,38H2,1H3,(H,39,45)(H,40,44)(H,41,46)(H,42,43)/b20-17+/t28-,29+,30+,31+,32-/m1/s1. The van der Waals surface area contributed by atoms with Crippen LogP contribution >= 0.6 is 0 Å². The van der Waals surface area contributed by atoms with E-state index < -0.39 is 11.6 Å². The molecule has 3 fully saturated rings. The summed E-state index contributed by atoms with van der Waals surface area (Å²) in [5.41, 5.74) is 8.11. The fourth-order valence-corrected chi connectivity index (χ4v) is 7.16. The van der Waals surface area contributed by atoms with Crippen molar-refractivity contribution in [3.63, 3.8) is 0 Å². The lowest BCUT2D eigenvalue weighted by atomic mass is 9.90. The Morgan fingerprint density at radius 2 is 1.61 bits per heavy atom. The maximum absolute atomic E-state index is 13.9. The average Bonchev–Trinajstić information content (AvgIpc) is 3.73. The SMILES string of the molecule is Cc1ccc(/C=C/C(=O)NC2(C(=O)N[C@H](Cc3ccccc3)C(=O)N[C@H]3CC[C@@H](C(=O)N[C@H]4CCCC[C@@H]4N)C3)CCCC2)cc1. The second-order valence-electron chi connectivity index (χ2n) is 13.5. The van der Waals surface area contributed by atoms with E-state index in [2.05, 4.69) is 21.3 Å². The molecule has 3 aliphatic rings. The van der Waals surface area contributed by atoms with Gasteiger partial charge in [-0.05, 0) is 69.1 Å². The van der Waals surface area contributed by atoms with Crippen molar-refractivity contribution >= 4 is 29.7 Å². The van der Waals surface area contributed by atoms with E-state index in [9.17, 15) is 19.2 Å². The molecule has 2 aromatic carbocycles. The van der Waals surface area contributed by atoms with Crippen molar-refractivity contribution in [2.75, 3.05) is 0 Å². The predicted molar refractivity (Wildman–Crippen MR) is 179 cm³/mol. The molecule has 2 aromatic rings. The summed E-state index contributed by atoms with van der Waals surface area (Å²) in [5.74, 6) is -1.12. The van der Waals surface area contributed by atoms with Gasteiger partial charge in [-0.3, -0.25) is 19.2 Å². The molecule has 0 spiro atoms. The van der Waals surface area contributed by atoms with E-state index in [0.717, 1.165) is 55.2 Å². The second-order valence-corrected chi connectivity index (χ2v) is 13.5. The van der Waals surface area contributed by atoms with Crippen molar-refractivity contribution in [2.24, 2.45) is 11.7 Å². The highest BCUT2D eigenvalue weighted by Gasteiger charge is 2.44. The monoisotopic (exact) mass is 627 g/mol. The fraction of sp³-hybridized carbons (Fsp3) is 0.514. The number of carbonyl (C=O) groups is 4. The highest BCUT2D eigenvalue weighted by molar-refractivity contribution is 5.99. The van der Waals surface area contributed by atoms with E-state index in [1.807, 2.05) is 61.5 Å². The van der Waals surface area contributed by atoms with Gasteiger partial charge in [0.1, 0.15) is 11.6 Å². The predicted octanol–water partition coefficient (Wildman–Crippen LogP) is 3.84. The summed E-state index contributed by atoms with van der Waals surface area (Å²) in [6.45, 7) is 2.01. The van der Waals surface area contributed by atoms with Gasteiger partial charge in [0.05, 0.1) is 0 Å². The number of aryl methyl sites for hydroxylation is 1. The Labute approximate surface area is 272 Å². The minimum atomic E-state index is -1.08. The number of rotatable bonds is 11. The molecule has 0 saturated heterocycles. The summed E-state index contributed by atoms with van der Waals surface area (Å²) in [6, 6.07) is 16.4. The van der Waals surface area contributed by atoms with Gasteiger partial charge in [-0.1, -0.05) is 85.8 Å². The van der Waals surface area contributed by atoms with Crippen LogP contribution in [-0.4, -0.2) is 53.3 Å². The number of nitrogens with one attached hydrogen (secondary N) is 4. The van der Waals surface area contributed by atoms with E-state index >= 15 is 0 Å². The molecule has 9 nitrogen and oxygen atoms in total. The van der Waals surface area contributed by atoms with Crippen LogP contribution in [0, 0.1) is 12.8 Å². The number of hydrogen-bond acceptors (Lipinski definition) is 5. The minimum Gasteiger partial charge on any atom is -0.352 e. The third-order valence-electron chi connectivity index (χ3n) is 9.96. The molecule has 0 bridgehead atoms.